The van der Waals surface area contributed by atoms with E-state index in [0.717, 1.165) is 5.92 Å². The third-order valence-corrected chi connectivity index (χ3v) is 3.22. The van der Waals surface area contributed by atoms with Gasteiger partial charge in [-0.2, -0.15) is 0 Å². The molecule has 1 nitrogen and oxygen atoms in total. The third kappa shape index (κ3) is 4.66. The Hall–Kier alpha value is -0.0400. The van der Waals surface area contributed by atoms with Crippen LogP contribution in [0.3, 0.4) is 0 Å². The number of likely N-dealkylation sites (tertiary alicyclic amines) is 1. The second-order valence-corrected chi connectivity index (χ2v) is 4.58. The molecule has 1 aliphatic rings. The van der Waals surface area contributed by atoms with E-state index in [1.165, 1.54) is 58.2 Å². The van der Waals surface area contributed by atoms with E-state index in [1.54, 1.807) is 0 Å². The van der Waals surface area contributed by atoms with Gasteiger partial charge in [-0.1, -0.05) is 39.5 Å². The van der Waals surface area contributed by atoms with Crippen LogP contribution in [0.1, 0.15) is 52.4 Å². The number of nitrogens with zero attached hydrogens (tertiary/aromatic N) is 1. The molecule has 13 heavy (non-hydrogen) atoms. The molecule has 1 atom stereocenters. The molecule has 0 aromatic rings. The Balaban J connectivity index is 2.21. The van der Waals surface area contributed by atoms with Crippen molar-refractivity contribution in [1.29, 1.82) is 0 Å². The SMILES string of the molecule is CCC(C)CN1CCCCCCC1. The van der Waals surface area contributed by atoms with Gasteiger partial charge in [0.05, 0.1) is 0 Å². The summed E-state index contributed by atoms with van der Waals surface area (Å²) in [7, 11) is 0. The molecule has 78 valence electrons. The summed E-state index contributed by atoms with van der Waals surface area (Å²) in [5.74, 6) is 0.888. The smallest absolute Gasteiger partial charge is 0.000692 e. The molecule has 0 aromatic carbocycles. The van der Waals surface area contributed by atoms with Crippen LogP contribution >= 0.6 is 0 Å². The Bertz CT molecular complexity index is 114. The normalized spacial score (nSPS) is 23.5. The topological polar surface area (TPSA) is 3.24 Å². The lowest BCUT2D eigenvalue weighted by molar-refractivity contribution is 0.215. The molecular formula is C12H25N. The van der Waals surface area contributed by atoms with E-state index in [4.69, 9.17) is 0 Å². The fraction of sp³-hybridized carbons (Fsp3) is 1.00. The summed E-state index contributed by atoms with van der Waals surface area (Å²) in [4.78, 5) is 2.67. The summed E-state index contributed by atoms with van der Waals surface area (Å²) in [6.07, 6.45) is 8.56. The molecular weight excluding hydrogens is 158 g/mol. The molecule has 1 unspecified atom stereocenters. The largest absolute Gasteiger partial charge is 0.303 e. The minimum absolute atomic E-state index is 0.888. The summed E-state index contributed by atoms with van der Waals surface area (Å²) in [6.45, 7) is 8.71. The molecule has 0 aliphatic carbocycles. The van der Waals surface area contributed by atoms with Gasteiger partial charge >= 0.3 is 0 Å². The Kier molecular flexibility index (Phi) is 5.45. The van der Waals surface area contributed by atoms with Crippen molar-refractivity contribution in [2.75, 3.05) is 19.6 Å². The summed E-state index contributed by atoms with van der Waals surface area (Å²) in [6, 6.07) is 0. The van der Waals surface area contributed by atoms with Gasteiger partial charge < -0.3 is 4.90 Å². The second-order valence-electron chi connectivity index (χ2n) is 4.58. The van der Waals surface area contributed by atoms with Gasteiger partial charge in [0, 0.05) is 6.54 Å². The van der Waals surface area contributed by atoms with Crippen LogP contribution in [0.25, 0.3) is 0 Å². The van der Waals surface area contributed by atoms with Gasteiger partial charge in [-0.05, 0) is 31.8 Å². The molecule has 1 heterocycles. The van der Waals surface area contributed by atoms with Gasteiger partial charge in [-0.25, -0.2) is 0 Å². The zero-order valence-electron chi connectivity index (χ0n) is 9.39. The van der Waals surface area contributed by atoms with Gasteiger partial charge in [0.25, 0.3) is 0 Å². The molecule has 0 spiro atoms. The maximum Gasteiger partial charge on any atom is 0.000692 e. The molecule has 0 amide bonds. The molecule has 0 saturated carbocycles. The average Bonchev–Trinajstić information content (AvgIpc) is 2.09. The minimum atomic E-state index is 0.888. The molecule has 1 fully saturated rings. The van der Waals surface area contributed by atoms with Crippen molar-refractivity contribution in [3.63, 3.8) is 0 Å². The molecule has 0 bridgehead atoms. The Labute approximate surface area is 83.5 Å². The van der Waals surface area contributed by atoms with E-state index < -0.39 is 0 Å². The lowest BCUT2D eigenvalue weighted by atomic mass is 10.1. The van der Waals surface area contributed by atoms with Crippen molar-refractivity contribution < 1.29 is 0 Å². The van der Waals surface area contributed by atoms with E-state index in [9.17, 15) is 0 Å². The number of hydrogen-bond donors (Lipinski definition) is 0. The van der Waals surface area contributed by atoms with Gasteiger partial charge in [0.15, 0.2) is 0 Å². The number of rotatable bonds is 3. The molecule has 1 rings (SSSR count). The predicted octanol–water partition coefficient (Wildman–Crippen LogP) is 3.30. The van der Waals surface area contributed by atoms with E-state index in [0.29, 0.717) is 0 Å². The van der Waals surface area contributed by atoms with Gasteiger partial charge in [-0.3, -0.25) is 0 Å². The van der Waals surface area contributed by atoms with Gasteiger partial charge in [-0.15, -0.1) is 0 Å². The first kappa shape index (κ1) is 11.0. The van der Waals surface area contributed by atoms with Gasteiger partial charge in [0.1, 0.15) is 0 Å². The summed E-state index contributed by atoms with van der Waals surface area (Å²) < 4.78 is 0. The third-order valence-electron chi connectivity index (χ3n) is 3.22. The van der Waals surface area contributed by atoms with Crippen LogP contribution in [0.4, 0.5) is 0 Å². The lowest BCUT2D eigenvalue weighted by Crippen LogP contribution is -2.31. The van der Waals surface area contributed by atoms with Gasteiger partial charge in [0.2, 0.25) is 0 Å². The maximum atomic E-state index is 2.67. The van der Waals surface area contributed by atoms with E-state index in [2.05, 4.69) is 18.7 Å². The van der Waals surface area contributed by atoms with E-state index in [-0.39, 0.29) is 0 Å². The highest BCUT2D eigenvalue weighted by Gasteiger charge is 2.10. The summed E-state index contributed by atoms with van der Waals surface area (Å²) in [5, 5.41) is 0. The zero-order valence-corrected chi connectivity index (χ0v) is 9.39. The standard InChI is InChI=1S/C12H25N/c1-3-12(2)11-13-9-7-5-4-6-8-10-13/h12H,3-11H2,1-2H3. The summed E-state index contributed by atoms with van der Waals surface area (Å²) >= 11 is 0. The van der Waals surface area contributed by atoms with Crippen LogP contribution in [-0.4, -0.2) is 24.5 Å². The summed E-state index contributed by atoms with van der Waals surface area (Å²) in [5.41, 5.74) is 0. The minimum Gasteiger partial charge on any atom is -0.303 e. The van der Waals surface area contributed by atoms with Crippen molar-refractivity contribution >= 4 is 0 Å². The second kappa shape index (κ2) is 6.42. The van der Waals surface area contributed by atoms with Crippen molar-refractivity contribution in [3.05, 3.63) is 0 Å². The highest BCUT2D eigenvalue weighted by Crippen LogP contribution is 2.12. The molecule has 0 radical (unpaired) electrons. The first-order valence-corrected chi connectivity index (χ1v) is 6.05. The zero-order chi connectivity index (χ0) is 9.52. The fourth-order valence-corrected chi connectivity index (χ4v) is 2.07. The van der Waals surface area contributed by atoms with Crippen LogP contribution in [0.15, 0.2) is 0 Å². The Morgan fingerprint density at radius 3 is 2.08 bits per heavy atom. The highest BCUT2D eigenvalue weighted by molar-refractivity contribution is 4.64. The first-order valence-electron chi connectivity index (χ1n) is 6.05. The quantitative estimate of drug-likeness (QED) is 0.649. The first-order chi connectivity index (χ1) is 6.33. The van der Waals surface area contributed by atoms with E-state index in [1.807, 2.05) is 0 Å². The monoisotopic (exact) mass is 183 g/mol. The van der Waals surface area contributed by atoms with Crippen molar-refractivity contribution in [3.8, 4) is 0 Å². The molecule has 0 N–H and O–H groups in total. The predicted molar refractivity (Wildman–Crippen MR) is 59.0 cm³/mol. The van der Waals surface area contributed by atoms with Crippen molar-refractivity contribution in [1.82, 2.24) is 4.90 Å². The number of hydrogen-bond acceptors (Lipinski definition) is 1. The van der Waals surface area contributed by atoms with Crippen LogP contribution in [0.5, 0.6) is 0 Å². The van der Waals surface area contributed by atoms with Crippen LogP contribution in [0, 0.1) is 5.92 Å². The maximum absolute atomic E-state index is 2.67. The van der Waals surface area contributed by atoms with Crippen LogP contribution in [-0.2, 0) is 0 Å². The van der Waals surface area contributed by atoms with Crippen LogP contribution in [0.2, 0.25) is 0 Å². The van der Waals surface area contributed by atoms with Crippen molar-refractivity contribution in [2.24, 2.45) is 5.92 Å². The highest BCUT2D eigenvalue weighted by atomic mass is 15.1. The molecule has 0 aromatic heterocycles. The average molecular weight is 183 g/mol. The van der Waals surface area contributed by atoms with E-state index >= 15 is 0 Å². The lowest BCUT2D eigenvalue weighted by Gasteiger charge is -2.26. The van der Waals surface area contributed by atoms with Crippen LogP contribution < -0.4 is 0 Å². The fourth-order valence-electron chi connectivity index (χ4n) is 2.07. The Morgan fingerprint density at radius 2 is 1.54 bits per heavy atom. The molecule has 1 heteroatoms. The van der Waals surface area contributed by atoms with Crippen molar-refractivity contribution in [2.45, 2.75) is 52.4 Å². The molecule has 1 aliphatic heterocycles. The molecule has 1 saturated heterocycles. The Morgan fingerprint density at radius 1 is 1.00 bits per heavy atom.